The summed E-state index contributed by atoms with van der Waals surface area (Å²) in [5.74, 6) is 0.465. The Labute approximate surface area is 178 Å². The molecule has 0 saturated heterocycles. The highest BCUT2D eigenvalue weighted by atomic mass is 16.6. The molecule has 30 heavy (non-hydrogen) atoms. The van der Waals surface area contributed by atoms with Gasteiger partial charge in [-0.05, 0) is 61.5 Å². The Hall–Kier alpha value is -2.43. The smallest absolute Gasteiger partial charge is 0.344 e. The van der Waals surface area contributed by atoms with Crippen molar-refractivity contribution in [2.24, 2.45) is 17.8 Å². The maximum absolute atomic E-state index is 13.0. The quantitative estimate of drug-likeness (QED) is 0.658. The van der Waals surface area contributed by atoms with Gasteiger partial charge in [-0.3, -0.25) is 4.98 Å². The molecule has 0 N–H and O–H groups in total. The van der Waals surface area contributed by atoms with E-state index in [9.17, 15) is 9.59 Å². The molecule has 2 aliphatic rings. The van der Waals surface area contributed by atoms with Gasteiger partial charge < -0.3 is 9.47 Å². The van der Waals surface area contributed by atoms with Gasteiger partial charge in [0.25, 0.3) is 0 Å². The average Bonchev–Trinajstić information content (AvgIpc) is 3.18. The maximum atomic E-state index is 13.0. The second-order valence-corrected chi connectivity index (χ2v) is 9.21. The second-order valence-electron chi connectivity index (χ2n) is 9.21. The van der Waals surface area contributed by atoms with Crippen LogP contribution in [0.3, 0.4) is 0 Å². The molecule has 160 valence electrons. The van der Waals surface area contributed by atoms with E-state index >= 15 is 0 Å². The molecule has 2 aromatic rings. The molecule has 1 fully saturated rings. The highest BCUT2D eigenvalue weighted by Crippen LogP contribution is 2.35. The molecule has 3 atom stereocenters. The van der Waals surface area contributed by atoms with Crippen molar-refractivity contribution in [3.05, 3.63) is 41.1 Å². The Balaban J connectivity index is 1.46. The van der Waals surface area contributed by atoms with E-state index in [-0.39, 0.29) is 12.7 Å². The largest absolute Gasteiger partial charge is 0.460 e. The number of fused-ring (bicyclic) bond motifs is 2. The van der Waals surface area contributed by atoms with Crippen LogP contribution in [0, 0.1) is 17.8 Å². The number of para-hydroxylation sites is 1. The Morgan fingerprint density at radius 2 is 1.97 bits per heavy atom. The summed E-state index contributed by atoms with van der Waals surface area (Å²) in [6.07, 6.45) is 5.71. The van der Waals surface area contributed by atoms with E-state index in [0.717, 1.165) is 54.3 Å². The number of pyridine rings is 1. The Bertz CT molecular complexity index is 952. The van der Waals surface area contributed by atoms with E-state index in [1.165, 1.54) is 6.42 Å². The van der Waals surface area contributed by atoms with Gasteiger partial charge in [0.05, 0.1) is 11.1 Å². The fraction of sp³-hybridized carbons (Fsp3) is 0.560. The monoisotopic (exact) mass is 409 g/mol. The van der Waals surface area contributed by atoms with Crippen LogP contribution < -0.4 is 0 Å². The molecule has 1 heterocycles. The fourth-order valence-corrected chi connectivity index (χ4v) is 5.09. The van der Waals surface area contributed by atoms with Crippen LogP contribution in [0.5, 0.6) is 0 Å². The molecular formula is C25H31NO4. The number of hydrogen-bond donors (Lipinski definition) is 0. The van der Waals surface area contributed by atoms with Crippen molar-refractivity contribution in [3.8, 4) is 0 Å². The first-order chi connectivity index (χ1) is 14.4. The fourth-order valence-electron chi connectivity index (χ4n) is 5.09. The topological polar surface area (TPSA) is 65.5 Å². The summed E-state index contributed by atoms with van der Waals surface area (Å²) in [6.45, 7) is 6.21. The van der Waals surface area contributed by atoms with E-state index in [1.54, 1.807) is 0 Å². The predicted octanol–water partition coefficient (Wildman–Crippen LogP) is 4.88. The maximum Gasteiger partial charge on any atom is 0.344 e. The highest BCUT2D eigenvalue weighted by Gasteiger charge is 2.33. The lowest BCUT2D eigenvalue weighted by Crippen LogP contribution is -2.36. The van der Waals surface area contributed by atoms with Crippen LogP contribution >= 0.6 is 0 Å². The Kier molecular flexibility index (Phi) is 6.07. The van der Waals surface area contributed by atoms with Gasteiger partial charge in [-0.1, -0.05) is 45.4 Å². The first-order valence-corrected chi connectivity index (χ1v) is 11.2. The number of hydrogen-bond acceptors (Lipinski definition) is 5. The average molecular weight is 410 g/mol. The minimum Gasteiger partial charge on any atom is -0.460 e. The van der Waals surface area contributed by atoms with E-state index < -0.39 is 11.9 Å². The molecule has 0 radical (unpaired) electrons. The van der Waals surface area contributed by atoms with Crippen LogP contribution in [-0.2, 0) is 27.1 Å². The van der Waals surface area contributed by atoms with Crippen molar-refractivity contribution in [2.75, 3.05) is 6.61 Å². The molecule has 0 bridgehead atoms. The van der Waals surface area contributed by atoms with Crippen molar-refractivity contribution in [1.82, 2.24) is 4.98 Å². The van der Waals surface area contributed by atoms with E-state index in [1.807, 2.05) is 24.3 Å². The molecule has 3 unspecified atom stereocenters. The van der Waals surface area contributed by atoms with Crippen molar-refractivity contribution >= 4 is 22.8 Å². The van der Waals surface area contributed by atoms with Crippen LogP contribution in [0.25, 0.3) is 10.9 Å². The van der Waals surface area contributed by atoms with Gasteiger partial charge in [0, 0.05) is 11.1 Å². The summed E-state index contributed by atoms with van der Waals surface area (Å²) in [5.41, 5.74) is 3.29. The zero-order chi connectivity index (χ0) is 21.3. The van der Waals surface area contributed by atoms with Crippen LogP contribution in [0.15, 0.2) is 24.3 Å². The number of benzene rings is 1. The summed E-state index contributed by atoms with van der Waals surface area (Å²) < 4.78 is 11.2. The van der Waals surface area contributed by atoms with Gasteiger partial charge >= 0.3 is 11.9 Å². The molecule has 4 rings (SSSR count). The van der Waals surface area contributed by atoms with Gasteiger partial charge in [-0.15, -0.1) is 0 Å². The minimum absolute atomic E-state index is 0.0917. The summed E-state index contributed by atoms with van der Waals surface area (Å²) in [4.78, 5) is 30.2. The summed E-state index contributed by atoms with van der Waals surface area (Å²) in [7, 11) is 0. The first-order valence-electron chi connectivity index (χ1n) is 11.2. The predicted molar refractivity (Wildman–Crippen MR) is 115 cm³/mol. The summed E-state index contributed by atoms with van der Waals surface area (Å²) in [5, 5.41) is 0.789. The molecule has 1 aromatic carbocycles. The zero-order valence-electron chi connectivity index (χ0n) is 18.1. The van der Waals surface area contributed by atoms with Crippen molar-refractivity contribution in [2.45, 2.75) is 65.4 Å². The molecule has 5 nitrogen and oxygen atoms in total. The third kappa shape index (κ3) is 4.21. The van der Waals surface area contributed by atoms with E-state index in [4.69, 9.17) is 14.5 Å². The summed E-state index contributed by atoms with van der Waals surface area (Å²) in [6, 6.07) is 7.62. The summed E-state index contributed by atoms with van der Waals surface area (Å²) >= 11 is 0. The lowest BCUT2D eigenvalue weighted by Gasteiger charge is -2.36. The number of carbonyl (C=O) groups excluding carboxylic acids is 2. The normalized spacial score (nSPS) is 23.4. The number of ether oxygens (including phenoxy) is 2. The van der Waals surface area contributed by atoms with Crippen LogP contribution in [0.1, 0.15) is 68.1 Å². The van der Waals surface area contributed by atoms with Crippen molar-refractivity contribution < 1.29 is 19.1 Å². The number of carbonyl (C=O) groups is 2. The van der Waals surface area contributed by atoms with Gasteiger partial charge in [-0.2, -0.15) is 0 Å². The van der Waals surface area contributed by atoms with Crippen LogP contribution in [0.2, 0.25) is 0 Å². The van der Waals surface area contributed by atoms with E-state index in [0.29, 0.717) is 23.3 Å². The van der Waals surface area contributed by atoms with Gasteiger partial charge in [0.1, 0.15) is 6.10 Å². The van der Waals surface area contributed by atoms with Crippen molar-refractivity contribution in [3.63, 3.8) is 0 Å². The number of aryl methyl sites for hydroxylation is 1. The number of nitrogens with zero attached hydrogens (tertiary/aromatic N) is 1. The van der Waals surface area contributed by atoms with Gasteiger partial charge in [0.2, 0.25) is 0 Å². The van der Waals surface area contributed by atoms with E-state index in [2.05, 4.69) is 20.8 Å². The molecule has 1 saturated carbocycles. The molecule has 0 aliphatic heterocycles. The molecular weight excluding hydrogens is 378 g/mol. The Morgan fingerprint density at radius 3 is 2.77 bits per heavy atom. The third-order valence-corrected chi connectivity index (χ3v) is 6.69. The zero-order valence-corrected chi connectivity index (χ0v) is 18.1. The first kappa shape index (κ1) is 20.8. The number of aromatic nitrogens is 1. The highest BCUT2D eigenvalue weighted by molar-refractivity contribution is 6.05. The lowest BCUT2D eigenvalue weighted by molar-refractivity contribution is -0.159. The molecule has 0 spiro atoms. The lowest BCUT2D eigenvalue weighted by atomic mass is 9.75. The number of esters is 2. The standard InChI is InChI=1S/C25H31NO4/c1-15(2)17-12-11-16(3)13-22(17)30-23(27)14-29-25(28)24-18-7-4-5-9-20(18)26-21-10-6-8-19(21)24/h4-5,7,9,15-17,22H,6,8,10-14H2,1-3H3. The molecule has 1 aromatic heterocycles. The van der Waals surface area contributed by atoms with Crippen LogP contribution in [0.4, 0.5) is 0 Å². The number of rotatable bonds is 5. The van der Waals surface area contributed by atoms with Gasteiger partial charge in [-0.25, -0.2) is 9.59 Å². The molecule has 0 amide bonds. The third-order valence-electron chi connectivity index (χ3n) is 6.69. The molecule has 2 aliphatic carbocycles. The van der Waals surface area contributed by atoms with Crippen molar-refractivity contribution in [1.29, 1.82) is 0 Å². The minimum atomic E-state index is -0.457. The second kappa shape index (κ2) is 8.75. The van der Waals surface area contributed by atoms with Gasteiger partial charge in [0.15, 0.2) is 6.61 Å². The molecule has 5 heteroatoms. The van der Waals surface area contributed by atoms with Crippen LogP contribution in [-0.4, -0.2) is 29.6 Å². The SMILES string of the molecule is CC1CCC(C(C)C)C(OC(=O)COC(=O)c2c3c(nc4ccccc24)CCC3)C1. The Morgan fingerprint density at radius 1 is 1.17 bits per heavy atom.